The average Bonchev–Trinajstić information content (AvgIpc) is 2.84. The van der Waals surface area contributed by atoms with Crippen LogP contribution in [0.2, 0.25) is 0 Å². The number of carbonyl (C=O) groups excluding carboxylic acids is 4. The van der Waals surface area contributed by atoms with Crippen molar-refractivity contribution < 1.29 is 28.7 Å². The maximum absolute atomic E-state index is 14.2. The number of esters is 1. The van der Waals surface area contributed by atoms with Gasteiger partial charge in [0.2, 0.25) is 11.8 Å². The number of alkyl carbamates (subject to hydrolysis) is 1. The maximum Gasteiger partial charge on any atom is 0.408 e. The minimum absolute atomic E-state index is 0.187. The van der Waals surface area contributed by atoms with Crippen LogP contribution in [0.1, 0.15) is 57.4 Å². The molecule has 2 atom stereocenters. The molecule has 2 N–H and O–H groups in total. The van der Waals surface area contributed by atoms with E-state index in [2.05, 4.69) is 15.4 Å². The summed E-state index contributed by atoms with van der Waals surface area (Å²) < 4.78 is 10.1. The molecule has 0 aliphatic rings. The highest BCUT2D eigenvalue weighted by Crippen LogP contribution is 2.28. The van der Waals surface area contributed by atoms with Crippen molar-refractivity contribution >= 4 is 23.9 Å². The van der Waals surface area contributed by atoms with Crippen molar-refractivity contribution in [1.29, 1.82) is 0 Å². The number of methoxy groups -OCH3 is 1. The number of rotatable bonds is 10. The zero-order chi connectivity index (χ0) is 28.5. The maximum atomic E-state index is 14.2. The first-order valence-electron chi connectivity index (χ1n) is 12.6. The van der Waals surface area contributed by atoms with Crippen LogP contribution in [0.25, 0.3) is 0 Å². The number of carbonyl (C=O) groups is 4. The Bertz CT molecular complexity index is 1110. The molecule has 206 valence electrons. The lowest BCUT2D eigenvalue weighted by Crippen LogP contribution is -2.56. The van der Waals surface area contributed by atoms with Crippen LogP contribution in [0.4, 0.5) is 4.79 Å². The summed E-state index contributed by atoms with van der Waals surface area (Å²) in [5.41, 5.74) is 1.46. The highest BCUT2D eigenvalue weighted by atomic mass is 16.6. The van der Waals surface area contributed by atoms with Crippen molar-refractivity contribution in [3.05, 3.63) is 71.3 Å². The molecule has 2 aromatic rings. The van der Waals surface area contributed by atoms with E-state index in [4.69, 9.17) is 4.74 Å². The van der Waals surface area contributed by atoms with Crippen LogP contribution in [0.15, 0.2) is 54.6 Å². The third-order valence-electron chi connectivity index (χ3n) is 5.73. The topological polar surface area (TPSA) is 114 Å². The summed E-state index contributed by atoms with van der Waals surface area (Å²) in [6.45, 7) is 10.3. The number of aryl methyl sites for hydroxylation is 1. The predicted molar refractivity (Wildman–Crippen MR) is 144 cm³/mol. The number of hydrogen-bond acceptors (Lipinski definition) is 6. The molecule has 0 spiro atoms. The Hall–Kier alpha value is -3.88. The van der Waals surface area contributed by atoms with Gasteiger partial charge < -0.3 is 25.0 Å². The molecule has 0 saturated heterocycles. The van der Waals surface area contributed by atoms with E-state index in [1.54, 1.807) is 46.8 Å². The van der Waals surface area contributed by atoms with Gasteiger partial charge in [0.15, 0.2) is 0 Å². The number of nitrogens with zero attached hydrogens (tertiary/aromatic N) is 1. The molecule has 0 aliphatic heterocycles. The van der Waals surface area contributed by atoms with Crippen molar-refractivity contribution in [1.82, 2.24) is 15.5 Å². The van der Waals surface area contributed by atoms with Gasteiger partial charge in [0, 0.05) is 12.5 Å². The molecule has 0 fully saturated rings. The third-order valence-corrected chi connectivity index (χ3v) is 5.73. The Kier molecular flexibility index (Phi) is 10.9. The second kappa shape index (κ2) is 13.6. The highest BCUT2D eigenvalue weighted by molar-refractivity contribution is 5.93. The second-order valence-electron chi connectivity index (χ2n) is 10.3. The summed E-state index contributed by atoms with van der Waals surface area (Å²) >= 11 is 0. The van der Waals surface area contributed by atoms with Crippen LogP contribution >= 0.6 is 0 Å². The van der Waals surface area contributed by atoms with Crippen molar-refractivity contribution in [2.75, 3.05) is 13.7 Å². The average molecular weight is 526 g/mol. The Morgan fingerprint density at radius 3 is 2.11 bits per heavy atom. The molecule has 0 aliphatic carbocycles. The molecule has 0 radical (unpaired) electrons. The van der Waals surface area contributed by atoms with E-state index >= 15 is 0 Å². The van der Waals surface area contributed by atoms with E-state index in [1.165, 1.54) is 12.0 Å². The standard InChI is InChI=1S/C29H39N3O6/c1-19(2)32(25(22-16-12-11-13-20(22)3)26(34)30-18-24(33)37-7)27(35)23(17-21-14-9-8-10-15-21)31-28(36)38-29(4,5)6/h8-16,19,23,25H,17-18H2,1-7H3,(H,30,34)(H,31,36). The van der Waals surface area contributed by atoms with Crippen LogP contribution in [0.3, 0.4) is 0 Å². The SMILES string of the molecule is COC(=O)CNC(=O)C(c1ccccc1C)N(C(=O)C(Cc1ccccc1)NC(=O)OC(C)(C)C)C(C)C. The van der Waals surface area contributed by atoms with Gasteiger partial charge in [-0.25, -0.2) is 4.79 Å². The lowest BCUT2D eigenvalue weighted by molar-refractivity contribution is -0.146. The summed E-state index contributed by atoms with van der Waals surface area (Å²) in [5.74, 6) is -1.61. The van der Waals surface area contributed by atoms with E-state index in [1.807, 2.05) is 49.4 Å². The molecule has 9 nitrogen and oxygen atoms in total. The van der Waals surface area contributed by atoms with Gasteiger partial charge >= 0.3 is 12.1 Å². The number of hydrogen-bond donors (Lipinski definition) is 2. The molecule has 9 heteroatoms. The van der Waals surface area contributed by atoms with E-state index in [0.717, 1.165) is 11.1 Å². The molecule has 0 aromatic heterocycles. The van der Waals surface area contributed by atoms with Gasteiger partial charge in [0.1, 0.15) is 24.2 Å². The highest BCUT2D eigenvalue weighted by Gasteiger charge is 2.38. The monoisotopic (exact) mass is 525 g/mol. The lowest BCUT2D eigenvalue weighted by Gasteiger charge is -2.37. The fraction of sp³-hybridized carbons (Fsp3) is 0.448. The minimum atomic E-state index is -1.06. The van der Waals surface area contributed by atoms with Crippen LogP contribution in [0.5, 0.6) is 0 Å². The molecule has 3 amide bonds. The van der Waals surface area contributed by atoms with E-state index in [-0.39, 0.29) is 13.0 Å². The number of ether oxygens (including phenoxy) is 2. The molecular formula is C29H39N3O6. The molecule has 2 unspecified atom stereocenters. The Morgan fingerprint density at radius 2 is 1.55 bits per heavy atom. The largest absolute Gasteiger partial charge is 0.468 e. The lowest BCUT2D eigenvalue weighted by atomic mass is 9.96. The number of benzene rings is 2. The fourth-order valence-corrected chi connectivity index (χ4v) is 4.00. The van der Waals surface area contributed by atoms with Crippen LogP contribution < -0.4 is 10.6 Å². The van der Waals surface area contributed by atoms with Crippen molar-refractivity contribution in [3.8, 4) is 0 Å². The molecule has 0 heterocycles. The zero-order valence-electron chi connectivity index (χ0n) is 23.2. The van der Waals surface area contributed by atoms with E-state index in [9.17, 15) is 19.2 Å². The third kappa shape index (κ3) is 8.90. The first kappa shape index (κ1) is 30.3. The minimum Gasteiger partial charge on any atom is -0.468 e. The summed E-state index contributed by atoms with van der Waals surface area (Å²) in [6.07, 6.45) is -0.551. The van der Waals surface area contributed by atoms with Gasteiger partial charge in [-0.1, -0.05) is 54.6 Å². The Labute approximate surface area is 224 Å². The van der Waals surface area contributed by atoms with Gasteiger partial charge in [0.05, 0.1) is 7.11 Å². The molecular weight excluding hydrogens is 486 g/mol. The zero-order valence-corrected chi connectivity index (χ0v) is 23.2. The number of nitrogens with one attached hydrogen (secondary N) is 2. The molecule has 0 saturated carbocycles. The van der Waals surface area contributed by atoms with E-state index < -0.39 is 47.6 Å². The summed E-state index contributed by atoms with van der Waals surface area (Å²) in [4.78, 5) is 53.7. The first-order chi connectivity index (χ1) is 17.8. The van der Waals surface area contributed by atoms with Crippen LogP contribution in [0, 0.1) is 6.92 Å². The number of amides is 3. The van der Waals surface area contributed by atoms with Gasteiger partial charge in [-0.15, -0.1) is 0 Å². The Morgan fingerprint density at radius 1 is 0.947 bits per heavy atom. The molecule has 38 heavy (non-hydrogen) atoms. The summed E-state index contributed by atoms with van der Waals surface area (Å²) in [5, 5.41) is 5.31. The van der Waals surface area contributed by atoms with E-state index in [0.29, 0.717) is 5.56 Å². The molecule has 2 rings (SSSR count). The smallest absolute Gasteiger partial charge is 0.408 e. The van der Waals surface area contributed by atoms with Gasteiger partial charge in [-0.2, -0.15) is 0 Å². The fourth-order valence-electron chi connectivity index (χ4n) is 4.00. The summed E-state index contributed by atoms with van der Waals surface area (Å²) in [7, 11) is 1.23. The molecule has 2 aromatic carbocycles. The Balaban J connectivity index is 2.53. The molecule has 0 bridgehead atoms. The normalized spacial score (nSPS) is 12.7. The van der Waals surface area contributed by atoms with Crippen molar-refractivity contribution in [2.45, 2.75) is 71.7 Å². The quantitative estimate of drug-likeness (QED) is 0.457. The van der Waals surface area contributed by atoms with Crippen LogP contribution in [-0.2, 0) is 30.3 Å². The van der Waals surface area contributed by atoms with Crippen LogP contribution in [-0.4, -0.2) is 60.1 Å². The van der Waals surface area contributed by atoms with Crippen molar-refractivity contribution in [2.24, 2.45) is 0 Å². The first-order valence-corrected chi connectivity index (χ1v) is 12.6. The second-order valence-corrected chi connectivity index (χ2v) is 10.3. The van der Waals surface area contributed by atoms with Gasteiger partial charge in [0.25, 0.3) is 0 Å². The summed E-state index contributed by atoms with van der Waals surface area (Å²) in [6, 6.07) is 14.0. The van der Waals surface area contributed by atoms with Gasteiger partial charge in [-0.05, 0) is 58.2 Å². The predicted octanol–water partition coefficient (Wildman–Crippen LogP) is 3.70. The van der Waals surface area contributed by atoms with Crippen molar-refractivity contribution in [3.63, 3.8) is 0 Å². The van der Waals surface area contributed by atoms with Gasteiger partial charge in [-0.3, -0.25) is 14.4 Å².